The summed E-state index contributed by atoms with van der Waals surface area (Å²) in [6.45, 7) is 7.88. The summed E-state index contributed by atoms with van der Waals surface area (Å²) in [6, 6.07) is 5.21. The summed E-state index contributed by atoms with van der Waals surface area (Å²) in [5.74, 6) is 6.40. The Morgan fingerprint density at radius 1 is 1.38 bits per heavy atom. The highest BCUT2D eigenvalue weighted by Crippen LogP contribution is 2.31. The highest BCUT2D eigenvalue weighted by atomic mass is 32.2. The van der Waals surface area contributed by atoms with Crippen LogP contribution >= 0.6 is 11.8 Å². The molecule has 1 aromatic carbocycles. The van der Waals surface area contributed by atoms with Gasteiger partial charge >= 0.3 is 0 Å². The van der Waals surface area contributed by atoms with Gasteiger partial charge in [-0.25, -0.2) is 4.39 Å². The molecule has 0 bridgehead atoms. The van der Waals surface area contributed by atoms with E-state index in [2.05, 4.69) is 30.6 Å². The fraction of sp³-hybridized carbons (Fsp3) is 0.529. The average Bonchev–Trinajstić information content (AvgIpc) is 2.61. The van der Waals surface area contributed by atoms with Gasteiger partial charge in [0.05, 0.1) is 12.1 Å². The SMILES string of the molecule is CC1(C)CCN(Cc2ccc(F)c(C#CCN)c2)CCS1. The highest BCUT2D eigenvalue weighted by Gasteiger charge is 2.23. The number of hydrogen-bond acceptors (Lipinski definition) is 3. The monoisotopic (exact) mass is 306 g/mol. The van der Waals surface area contributed by atoms with Crippen molar-refractivity contribution in [2.24, 2.45) is 5.73 Å². The lowest BCUT2D eigenvalue weighted by molar-refractivity contribution is 0.276. The molecule has 0 aromatic heterocycles. The topological polar surface area (TPSA) is 29.3 Å². The van der Waals surface area contributed by atoms with Gasteiger partial charge in [0, 0.05) is 23.6 Å². The van der Waals surface area contributed by atoms with E-state index in [0.717, 1.165) is 31.0 Å². The van der Waals surface area contributed by atoms with Gasteiger partial charge < -0.3 is 5.73 Å². The summed E-state index contributed by atoms with van der Waals surface area (Å²) in [5, 5.41) is 0. The number of halogens is 1. The third-order valence-corrected chi connectivity index (χ3v) is 5.06. The standard InChI is InChI=1S/C17H23FN2S/c1-17(2)7-9-20(10-11-21-17)13-14-5-6-16(18)15(12-14)4-3-8-19/h5-6,12H,7-11,13,19H2,1-2H3. The maximum absolute atomic E-state index is 13.7. The Labute approximate surface area is 131 Å². The first-order valence-electron chi connectivity index (χ1n) is 7.34. The van der Waals surface area contributed by atoms with Crippen LogP contribution in [0.1, 0.15) is 31.4 Å². The van der Waals surface area contributed by atoms with E-state index in [4.69, 9.17) is 5.73 Å². The van der Waals surface area contributed by atoms with Crippen molar-refractivity contribution in [1.82, 2.24) is 4.90 Å². The van der Waals surface area contributed by atoms with Gasteiger partial charge in [0.2, 0.25) is 0 Å². The van der Waals surface area contributed by atoms with Crippen molar-refractivity contribution in [2.75, 3.05) is 25.4 Å². The molecule has 4 heteroatoms. The third kappa shape index (κ3) is 5.03. The molecule has 114 valence electrons. The van der Waals surface area contributed by atoms with Crippen molar-refractivity contribution >= 4 is 11.8 Å². The van der Waals surface area contributed by atoms with E-state index in [1.807, 2.05) is 23.9 Å². The van der Waals surface area contributed by atoms with Crippen LogP contribution in [-0.2, 0) is 6.54 Å². The van der Waals surface area contributed by atoms with Crippen molar-refractivity contribution < 1.29 is 4.39 Å². The molecule has 1 aromatic rings. The van der Waals surface area contributed by atoms with Crippen molar-refractivity contribution in [3.05, 3.63) is 35.1 Å². The van der Waals surface area contributed by atoms with Crippen LogP contribution in [0, 0.1) is 17.7 Å². The molecule has 1 heterocycles. The van der Waals surface area contributed by atoms with E-state index in [1.54, 1.807) is 0 Å². The van der Waals surface area contributed by atoms with E-state index in [-0.39, 0.29) is 12.4 Å². The third-order valence-electron chi connectivity index (χ3n) is 3.69. The number of nitrogens with zero attached hydrogens (tertiary/aromatic N) is 1. The van der Waals surface area contributed by atoms with E-state index < -0.39 is 0 Å². The van der Waals surface area contributed by atoms with E-state index in [0.29, 0.717) is 10.3 Å². The van der Waals surface area contributed by atoms with Crippen molar-refractivity contribution in [3.8, 4) is 11.8 Å². The van der Waals surface area contributed by atoms with E-state index in [9.17, 15) is 4.39 Å². The zero-order valence-electron chi connectivity index (χ0n) is 12.8. The van der Waals surface area contributed by atoms with Crippen LogP contribution in [0.15, 0.2) is 18.2 Å². The lowest BCUT2D eigenvalue weighted by Gasteiger charge is -2.22. The second kappa shape index (κ2) is 7.31. The van der Waals surface area contributed by atoms with Gasteiger partial charge in [0.15, 0.2) is 0 Å². The molecule has 2 N–H and O–H groups in total. The Balaban J connectivity index is 2.06. The fourth-order valence-corrected chi connectivity index (χ4v) is 3.53. The zero-order valence-corrected chi connectivity index (χ0v) is 13.6. The summed E-state index contributed by atoms with van der Waals surface area (Å²) < 4.78 is 14.0. The van der Waals surface area contributed by atoms with Gasteiger partial charge in [-0.3, -0.25) is 4.90 Å². The molecule has 0 amide bonds. The van der Waals surface area contributed by atoms with Crippen LogP contribution in [-0.4, -0.2) is 35.0 Å². The maximum Gasteiger partial charge on any atom is 0.138 e. The lowest BCUT2D eigenvalue weighted by Crippen LogP contribution is -2.26. The molecular weight excluding hydrogens is 283 g/mol. The van der Waals surface area contributed by atoms with Crippen LogP contribution in [0.5, 0.6) is 0 Å². The van der Waals surface area contributed by atoms with E-state index in [1.165, 1.54) is 12.5 Å². The minimum Gasteiger partial charge on any atom is -0.320 e. The molecule has 0 atom stereocenters. The summed E-state index contributed by atoms with van der Waals surface area (Å²) in [7, 11) is 0. The Hall–Kier alpha value is -1.02. The number of hydrogen-bond donors (Lipinski definition) is 1. The average molecular weight is 306 g/mol. The molecule has 2 nitrogen and oxygen atoms in total. The Kier molecular flexibility index (Phi) is 5.69. The summed E-state index contributed by atoms with van der Waals surface area (Å²) in [5.41, 5.74) is 6.91. The van der Waals surface area contributed by atoms with Crippen LogP contribution in [0.2, 0.25) is 0 Å². The molecule has 0 saturated carbocycles. The summed E-state index contributed by atoms with van der Waals surface area (Å²) in [4.78, 5) is 2.44. The number of rotatable bonds is 2. The van der Waals surface area contributed by atoms with Gasteiger partial charge in [-0.05, 0) is 30.7 Å². The second-order valence-corrected chi connectivity index (χ2v) is 7.76. The van der Waals surface area contributed by atoms with Crippen LogP contribution in [0.3, 0.4) is 0 Å². The van der Waals surface area contributed by atoms with Crippen molar-refractivity contribution in [2.45, 2.75) is 31.6 Å². The largest absolute Gasteiger partial charge is 0.320 e. The van der Waals surface area contributed by atoms with Gasteiger partial charge in [-0.15, -0.1) is 0 Å². The molecule has 1 aliphatic heterocycles. The highest BCUT2D eigenvalue weighted by molar-refractivity contribution is 8.00. The molecule has 0 unspecified atom stereocenters. The number of nitrogens with two attached hydrogens (primary N) is 1. The van der Waals surface area contributed by atoms with Gasteiger partial charge in [-0.2, -0.15) is 11.8 Å². The van der Waals surface area contributed by atoms with Crippen LogP contribution in [0.25, 0.3) is 0 Å². The predicted octanol–water partition coefficient (Wildman–Crippen LogP) is 2.85. The maximum atomic E-state index is 13.7. The Morgan fingerprint density at radius 2 is 2.19 bits per heavy atom. The van der Waals surface area contributed by atoms with Gasteiger partial charge in [0.1, 0.15) is 5.82 Å². The van der Waals surface area contributed by atoms with Crippen LogP contribution in [0.4, 0.5) is 4.39 Å². The number of thioether (sulfide) groups is 1. The summed E-state index contributed by atoms with van der Waals surface area (Å²) in [6.07, 6.45) is 1.18. The molecule has 1 aliphatic rings. The first-order chi connectivity index (χ1) is 10.00. The molecule has 2 rings (SSSR count). The fourth-order valence-electron chi connectivity index (χ4n) is 2.39. The molecule has 0 spiro atoms. The molecule has 21 heavy (non-hydrogen) atoms. The van der Waals surface area contributed by atoms with E-state index >= 15 is 0 Å². The smallest absolute Gasteiger partial charge is 0.138 e. The minimum absolute atomic E-state index is 0.252. The first-order valence-corrected chi connectivity index (χ1v) is 8.32. The minimum atomic E-state index is -0.271. The molecule has 0 aliphatic carbocycles. The molecular formula is C17H23FN2S. The van der Waals surface area contributed by atoms with Gasteiger partial charge in [-0.1, -0.05) is 31.8 Å². The number of benzene rings is 1. The van der Waals surface area contributed by atoms with Crippen molar-refractivity contribution in [3.63, 3.8) is 0 Å². The second-order valence-electron chi connectivity index (χ2n) is 5.95. The quantitative estimate of drug-likeness (QED) is 0.852. The molecule has 1 saturated heterocycles. The normalized spacial score (nSPS) is 18.7. The summed E-state index contributed by atoms with van der Waals surface area (Å²) >= 11 is 2.03. The Bertz CT molecular complexity index is 545. The van der Waals surface area contributed by atoms with Crippen LogP contribution < -0.4 is 5.73 Å². The Morgan fingerprint density at radius 3 is 2.95 bits per heavy atom. The first kappa shape index (κ1) is 16.4. The van der Waals surface area contributed by atoms with Gasteiger partial charge in [0.25, 0.3) is 0 Å². The molecule has 1 fully saturated rings. The lowest BCUT2D eigenvalue weighted by atomic mass is 10.1. The zero-order chi connectivity index (χ0) is 15.3. The van der Waals surface area contributed by atoms with Crippen molar-refractivity contribution in [1.29, 1.82) is 0 Å². The molecule has 0 radical (unpaired) electrons. The predicted molar refractivity (Wildman–Crippen MR) is 88.8 cm³/mol.